The van der Waals surface area contributed by atoms with Gasteiger partial charge in [0.2, 0.25) is 0 Å². The number of aliphatic hydroxyl groups excluding tert-OH is 1. The summed E-state index contributed by atoms with van der Waals surface area (Å²) in [5.41, 5.74) is 0.592. The lowest BCUT2D eigenvalue weighted by Gasteiger charge is -2.33. The summed E-state index contributed by atoms with van der Waals surface area (Å²) in [6.45, 7) is 2.14. The summed E-state index contributed by atoms with van der Waals surface area (Å²) in [5, 5.41) is 8.82. The van der Waals surface area contributed by atoms with Crippen LogP contribution in [0.2, 0.25) is 0 Å². The summed E-state index contributed by atoms with van der Waals surface area (Å²) in [6.07, 6.45) is 3.80. The second kappa shape index (κ2) is 7.38. The molecule has 1 aromatic rings. The number of carbonyl (C=O) groups excluding carboxylic acids is 1. The minimum atomic E-state index is -0.0446. The van der Waals surface area contributed by atoms with Crippen LogP contribution in [0.1, 0.15) is 23.2 Å². The quantitative estimate of drug-likeness (QED) is 0.868. The van der Waals surface area contributed by atoms with Crippen LogP contribution in [0.3, 0.4) is 0 Å². The first-order valence-corrected chi connectivity index (χ1v) is 7.27. The molecular weight excluding hydrogens is 270 g/mol. The van der Waals surface area contributed by atoms with Gasteiger partial charge in [0.05, 0.1) is 24.9 Å². The van der Waals surface area contributed by atoms with Crippen LogP contribution in [0.5, 0.6) is 0 Å². The van der Waals surface area contributed by atoms with E-state index in [1.54, 1.807) is 20.3 Å². The molecule has 1 N–H and O–H groups in total. The number of hydrogen-bond donors (Lipinski definition) is 1. The summed E-state index contributed by atoms with van der Waals surface area (Å²) >= 11 is 0. The van der Waals surface area contributed by atoms with E-state index in [1.807, 2.05) is 12.1 Å². The summed E-state index contributed by atoms with van der Waals surface area (Å²) < 4.78 is 5.60. The van der Waals surface area contributed by atoms with Gasteiger partial charge in [0.15, 0.2) is 0 Å². The van der Waals surface area contributed by atoms with Crippen molar-refractivity contribution in [3.05, 3.63) is 23.9 Å². The number of carbonyl (C=O) groups is 1. The number of nitrogens with zero attached hydrogens (tertiary/aromatic N) is 3. The maximum Gasteiger partial charge on any atom is 0.254 e. The van der Waals surface area contributed by atoms with Crippen LogP contribution in [0.15, 0.2) is 18.3 Å². The minimum absolute atomic E-state index is 0.0446. The van der Waals surface area contributed by atoms with Crippen molar-refractivity contribution in [2.45, 2.75) is 18.9 Å². The Morgan fingerprint density at radius 3 is 2.95 bits per heavy atom. The van der Waals surface area contributed by atoms with Crippen molar-refractivity contribution < 1.29 is 14.6 Å². The first-order chi connectivity index (χ1) is 10.1. The summed E-state index contributed by atoms with van der Waals surface area (Å²) in [7, 11) is 3.45. The average Bonchev–Trinajstić information content (AvgIpc) is 2.52. The Kier molecular flexibility index (Phi) is 5.52. The van der Waals surface area contributed by atoms with Gasteiger partial charge in [-0.25, -0.2) is 4.98 Å². The van der Waals surface area contributed by atoms with Crippen molar-refractivity contribution in [3.63, 3.8) is 0 Å². The molecule has 0 unspecified atom stereocenters. The number of aromatic nitrogens is 1. The van der Waals surface area contributed by atoms with Gasteiger partial charge in [-0.1, -0.05) is 0 Å². The number of piperidine rings is 1. The molecule has 1 amide bonds. The van der Waals surface area contributed by atoms with Crippen LogP contribution in [0, 0.1) is 0 Å². The zero-order chi connectivity index (χ0) is 15.2. The molecular formula is C15H23N3O3. The minimum Gasteiger partial charge on any atom is -0.394 e. The van der Waals surface area contributed by atoms with Crippen LogP contribution in [0.4, 0.5) is 5.82 Å². The van der Waals surface area contributed by atoms with Gasteiger partial charge in [-0.15, -0.1) is 0 Å². The molecule has 1 fully saturated rings. The van der Waals surface area contributed by atoms with E-state index >= 15 is 0 Å². The zero-order valence-corrected chi connectivity index (χ0v) is 12.7. The van der Waals surface area contributed by atoms with Crippen molar-refractivity contribution in [1.82, 2.24) is 9.88 Å². The fourth-order valence-corrected chi connectivity index (χ4v) is 2.46. The van der Waals surface area contributed by atoms with Gasteiger partial charge in [0.25, 0.3) is 5.91 Å². The number of pyridine rings is 1. The molecule has 6 heteroatoms. The Morgan fingerprint density at radius 1 is 1.52 bits per heavy atom. The standard InChI is InChI=1S/C15H23N3O3/c1-17(2)15(20)12-5-6-14(16-10-12)18-7-3-4-13(11-18)21-9-8-19/h5-6,10,13,19H,3-4,7-9,11H2,1-2H3/t13-/m0/s1. The molecule has 1 aliphatic heterocycles. The summed E-state index contributed by atoms with van der Waals surface area (Å²) in [5.74, 6) is 0.819. The van der Waals surface area contributed by atoms with Crippen molar-refractivity contribution in [3.8, 4) is 0 Å². The number of ether oxygens (including phenoxy) is 1. The van der Waals surface area contributed by atoms with Gasteiger partial charge < -0.3 is 19.6 Å². The third kappa shape index (κ3) is 4.15. The van der Waals surface area contributed by atoms with E-state index in [1.165, 1.54) is 4.90 Å². The zero-order valence-electron chi connectivity index (χ0n) is 12.7. The second-order valence-corrected chi connectivity index (χ2v) is 5.41. The molecule has 0 spiro atoms. The third-order valence-electron chi connectivity index (χ3n) is 3.55. The topological polar surface area (TPSA) is 65.9 Å². The predicted octanol–water partition coefficient (Wildman–Crippen LogP) is 0.761. The van der Waals surface area contributed by atoms with Crippen LogP contribution in [0.25, 0.3) is 0 Å². The smallest absolute Gasteiger partial charge is 0.254 e. The highest BCUT2D eigenvalue weighted by Gasteiger charge is 2.21. The van der Waals surface area contributed by atoms with E-state index in [4.69, 9.17) is 9.84 Å². The highest BCUT2D eigenvalue weighted by Crippen LogP contribution is 2.19. The molecule has 2 heterocycles. The van der Waals surface area contributed by atoms with Crippen molar-refractivity contribution in [2.75, 3.05) is 45.3 Å². The number of hydrogen-bond acceptors (Lipinski definition) is 5. The summed E-state index contributed by atoms with van der Waals surface area (Å²) in [6, 6.07) is 3.69. The molecule has 0 aromatic carbocycles. The largest absolute Gasteiger partial charge is 0.394 e. The first kappa shape index (κ1) is 15.7. The SMILES string of the molecule is CN(C)C(=O)c1ccc(N2CCC[C@H](OCCO)C2)nc1. The number of aliphatic hydroxyl groups is 1. The Morgan fingerprint density at radius 2 is 2.33 bits per heavy atom. The van der Waals surface area contributed by atoms with Crippen LogP contribution >= 0.6 is 0 Å². The predicted molar refractivity (Wildman–Crippen MR) is 80.5 cm³/mol. The molecule has 0 radical (unpaired) electrons. The highest BCUT2D eigenvalue weighted by atomic mass is 16.5. The molecule has 6 nitrogen and oxygen atoms in total. The van der Waals surface area contributed by atoms with Gasteiger partial charge >= 0.3 is 0 Å². The van der Waals surface area contributed by atoms with Crippen molar-refractivity contribution >= 4 is 11.7 Å². The van der Waals surface area contributed by atoms with Gasteiger partial charge in [-0.05, 0) is 25.0 Å². The fourth-order valence-electron chi connectivity index (χ4n) is 2.46. The number of anilines is 1. The average molecular weight is 293 g/mol. The first-order valence-electron chi connectivity index (χ1n) is 7.27. The van der Waals surface area contributed by atoms with E-state index in [2.05, 4.69) is 9.88 Å². The van der Waals surface area contributed by atoms with Gasteiger partial charge in [-0.2, -0.15) is 0 Å². The number of amides is 1. The van der Waals surface area contributed by atoms with E-state index in [9.17, 15) is 4.79 Å². The molecule has 116 valence electrons. The summed E-state index contributed by atoms with van der Waals surface area (Å²) in [4.78, 5) is 19.9. The molecule has 0 aliphatic carbocycles. The molecule has 0 saturated carbocycles. The maximum atomic E-state index is 11.8. The van der Waals surface area contributed by atoms with Gasteiger partial charge in [0, 0.05) is 33.4 Å². The van der Waals surface area contributed by atoms with Crippen LogP contribution in [-0.2, 0) is 4.74 Å². The van der Waals surface area contributed by atoms with Crippen LogP contribution < -0.4 is 4.90 Å². The highest BCUT2D eigenvalue weighted by molar-refractivity contribution is 5.93. The van der Waals surface area contributed by atoms with Crippen molar-refractivity contribution in [1.29, 1.82) is 0 Å². The van der Waals surface area contributed by atoms with E-state index in [0.29, 0.717) is 12.2 Å². The molecule has 0 bridgehead atoms. The molecule has 1 aliphatic rings. The fraction of sp³-hybridized carbons (Fsp3) is 0.600. The second-order valence-electron chi connectivity index (χ2n) is 5.41. The third-order valence-corrected chi connectivity index (χ3v) is 3.55. The molecule has 1 aromatic heterocycles. The lowest BCUT2D eigenvalue weighted by molar-refractivity contribution is 0.0213. The molecule has 21 heavy (non-hydrogen) atoms. The Bertz CT molecular complexity index is 462. The van der Waals surface area contributed by atoms with Gasteiger partial charge in [-0.3, -0.25) is 4.79 Å². The Hall–Kier alpha value is -1.66. The van der Waals surface area contributed by atoms with Gasteiger partial charge in [0.1, 0.15) is 5.82 Å². The van der Waals surface area contributed by atoms with E-state index < -0.39 is 0 Å². The van der Waals surface area contributed by atoms with E-state index in [-0.39, 0.29) is 18.6 Å². The molecule has 1 saturated heterocycles. The number of rotatable bonds is 5. The normalized spacial score (nSPS) is 18.6. The Balaban J connectivity index is 1.99. The lowest BCUT2D eigenvalue weighted by Crippen LogP contribution is -2.40. The Labute approximate surface area is 125 Å². The maximum absolute atomic E-state index is 11.8. The van der Waals surface area contributed by atoms with Crippen molar-refractivity contribution in [2.24, 2.45) is 0 Å². The molecule has 1 atom stereocenters. The lowest BCUT2D eigenvalue weighted by atomic mass is 10.1. The monoisotopic (exact) mass is 293 g/mol. The van der Waals surface area contributed by atoms with E-state index in [0.717, 1.165) is 31.7 Å². The van der Waals surface area contributed by atoms with Crippen LogP contribution in [-0.4, -0.2) is 67.4 Å². The molecule has 2 rings (SSSR count).